The highest BCUT2D eigenvalue weighted by Gasteiger charge is 2.20. The Kier molecular flexibility index (Phi) is 4.90. The number of hydrogen-bond acceptors (Lipinski definition) is 5. The molecule has 0 bridgehead atoms. The first-order chi connectivity index (χ1) is 12.3. The maximum atomic E-state index is 13.0. The number of nitrogens with one attached hydrogen (secondary N) is 1. The van der Waals surface area contributed by atoms with Gasteiger partial charge in [-0.3, -0.25) is 4.90 Å². The second kappa shape index (κ2) is 7.45. The van der Waals surface area contributed by atoms with Gasteiger partial charge in [0.05, 0.1) is 18.9 Å². The zero-order valence-corrected chi connectivity index (χ0v) is 14.2. The van der Waals surface area contributed by atoms with Crippen LogP contribution < -0.4 is 5.32 Å². The van der Waals surface area contributed by atoms with Crippen molar-refractivity contribution in [3.63, 3.8) is 0 Å². The molecule has 0 amide bonds. The van der Waals surface area contributed by atoms with Gasteiger partial charge < -0.3 is 10.1 Å². The number of anilines is 1. The monoisotopic (exact) mass is 342 g/mol. The molecule has 5 nitrogen and oxygen atoms in total. The molecule has 132 valence electrons. The summed E-state index contributed by atoms with van der Waals surface area (Å²) in [5.41, 5.74) is 3.37. The van der Waals surface area contributed by atoms with Gasteiger partial charge in [-0.05, 0) is 30.5 Å². The Balaban J connectivity index is 1.29. The van der Waals surface area contributed by atoms with Crippen molar-refractivity contribution in [2.24, 2.45) is 0 Å². The molecule has 1 N–H and O–H groups in total. The summed E-state index contributed by atoms with van der Waals surface area (Å²) in [4.78, 5) is 11.5. The zero-order valence-electron chi connectivity index (χ0n) is 14.2. The lowest BCUT2D eigenvalue weighted by atomic mass is 10.0. The van der Waals surface area contributed by atoms with Crippen LogP contribution in [0.2, 0.25) is 0 Å². The fourth-order valence-electron chi connectivity index (χ4n) is 3.47. The number of aromatic nitrogens is 2. The molecule has 2 aromatic rings. The van der Waals surface area contributed by atoms with E-state index < -0.39 is 0 Å². The summed E-state index contributed by atoms with van der Waals surface area (Å²) in [6.45, 7) is 4.28. The van der Waals surface area contributed by atoms with Crippen molar-refractivity contribution in [2.45, 2.75) is 38.5 Å². The number of rotatable bonds is 4. The van der Waals surface area contributed by atoms with E-state index in [1.165, 1.54) is 12.1 Å². The SMILES string of the molecule is Fc1ccc(CN2CCC(Nc3ncc4c(n3)CCOC4)CC2)cc1. The van der Waals surface area contributed by atoms with Gasteiger partial charge in [-0.25, -0.2) is 14.4 Å². The zero-order chi connectivity index (χ0) is 17.1. The fraction of sp³-hybridized carbons (Fsp3) is 0.474. The molecular formula is C19H23FN4O. The molecule has 0 radical (unpaired) electrons. The average molecular weight is 342 g/mol. The van der Waals surface area contributed by atoms with Crippen molar-refractivity contribution < 1.29 is 9.13 Å². The molecule has 6 heteroatoms. The van der Waals surface area contributed by atoms with Gasteiger partial charge in [-0.15, -0.1) is 0 Å². The molecule has 0 saturated carbocycles. The first kappa shape index (κ1) is 16.4. The van der Waals surface area contributed by atoms with Crippen LogP contribution >= 0.6 is 0 Å². The van der Waals surface area contributed by atoms with Crippen LogP contribution in [0.3, 0.4) is 0 Å². The van der Waals surface area contributed by atoms with Gasteiger partial charge >= 0.3 is 0 Å². The van der Waals surface area contributed by atoms with Crippen LogP contribution in [0, 0.1) is 5.82 Å². The first-order valence-electron chi connectivity index (χ1n) is 8.92. The van der Waals surface area contributed by atoms with E-state index in [2.05, 4.69) is 20.2 Å². The molecule has 1 aromatic carbocycles. The van der Waals surface area contributed by atoms with Crippen molar-refractivity contribution in [1.29, 1.82) is 0 Å². The van der Waals surface area contributed by atoms with E-state index in [9.17, 15) is 4.39 Å². The second-order valence-electron chi connectivity index (χ2n) is 6.79. The third-order valence-corrected chi connectivity index (χ3v) is 4.94. The molecule has 4 rings (SSSR count). The summed E-state index contributed by atoms with van der Waals surface area (Å²) in [5, 5.41) is 3.48. The second-order valence-corrected chi connectivity index (χ2v) is 6.79. The predicted molar refractivity (Wildman–Crippen MR) is 93.7 cm³/mol. The van der Waals surface area contributed by atoms with E-state index in [1.807, 2.05) is 18.3 Å². The third kappa shape index (κ3) is 4.14. The molecule has 3 heterocycles. The summed E-state index contributed by atoms with van der Waals surface area (Å²) in [7, 11) is 0. The van der Waals surface area contributed by atoms with E-state index in [0.717, 1.165) is 68.3 Å². The van der Waals surface area contributed by atoms with Crippen LogP contribution in [0.1, 0.15) is 29.7 Å². The molecule has 1 fully saturated rings. The van der Waals surface area contributed by atoms with Gasteiger partial charge in [-0.2, -0.15) is 0 Å². The number of piperidine rings is 1. The molecule has 2 aliphatic heterocycles. The van der Waals surface area contributed by atoms with Crippen molar-refractivity contribution in [2.75, 3.05) is 25.0 Å². The van der Waals surface area contributed by atoms with Crippen LogP contribution in [-0.2, 0) is 24.3 Å². The average Bonchev–Trinajstić information content (AvgIpc) is 2.65. The van der Waals surface area contributed by atoms with Crippen LogP contribution in [0.25, 0.3) is 0 Å². The van der Waals surface area contributed by atoms with Crippen molar-refractivity contribution >= 4 is 5.95 Å². The molecule has 0 spiro atoms. The summed E-state index contributed by atoms with van der Waals surface area (Å²) < 4.78 is 18.4. The summed E-state index contributed by atoms with van der Waals surface area (Å²) >= 11 is 0. The van der Waals surface area contributed by atoms with Crippen LogP contribution in [0.15, 0.2) is 30.5 Å². The molecular weight excluding hydrogens is 319 g/mol. The Hall–Kier alpha value is -2.05. The largest absolute Gasteiger partial charge is 0.376 e. The molecule has 1 saturated heterocycles. The fourth-order valence-corrected chi connectivity index (χ4v) is 3.47. The van der Waals surface area contributed by atoms with Gasteiger partial charge in [0.15, 0.2) is 0 Å². The Labute approximate surface area is 147 Å². The van der Waals surface area contributed by atoms with Crippen molar-refractivity contribution in [3.05, 3.63) is 53.1 Å². The Morgan fingerprint density at radius 1 is 1.20 bits per heavy atom. The highest BCUT2D eigenvalue weighted by molar-refractivity contribution is 5.31. The molecule has 0 atom stereocenters. The quantitative estimate of drug-likeness (QED) is 0.926. The Morgan fingerprint density at radius 3 is 2.80 bits per heavy atom. The first-order valence-corrected chi connectivity index (χ1v) is 8.92. The third-order valence-electron chi connectivity index (χ3n) is 4.94. The standard InChI is InChI=1S/C19H23FN4O/c20-16-3-1-14(2-4-16)12-24-8-5-17(6-9-24)22-19-21-11-15-13-25-10-7-18(15)23-19/h1-4,11,17H,5-10,12-13H2,(H,21,22,23). The molecule has 0 unspecified atom stereocenters. The van der Waals surface area contributed by atoms with E-state index in [1.54, 1.807) is 0 Å². The smallest absolute Gasteiger partial charge is 0.223 e. The number of hydrogen-bond donors (Lipinski definition) is 1. The lowest BCUT2D eigenvalue weighted by Crippen LogP contribution is -2.39. The van der Waals surface area contributed by atoms with Gasteiger partial charge in [0, 0.05) is 43.9 Å². The number of fused-ring (bicyclic) bond motifs is 1. The lowest BCUT2D eigenvalue weighted by molar-refractivity contribution is 0.109. The van der Waals surface area contributed by atoms with Gasteiger partial charge in [0.1, 0.15) is 5.82 Å². The van der Waals surface area contributed by atoms with Crippen molar-refractivity contribution in [3.8, 4) is 0 Å². The topological polar surface area (TPSA) is 50.3 Å². The Bertz CT molecular complexity index is 714. The van der Waals surface area contributed by atoms with Crippen LogP contribution in [-0.4, -0.2) is 40.6 Å². The summed E-state index contributed by atoms with van der Waals surface area (Å²) in [5.74, 6) is 0.556. The minimum atomic E-state index is -0.178. The highest BCUT2D eigenvalue weighted by Crippen LogP contribution is 2.19. The number of halogens is 1. The van der Waals surface area contributed by atoms with Gasteiger partial charge in [0.2, 0.25) is 5.95 Å². The number of likely N-dealkylation sites (tertiary alicyclic amines) is 1. The lowest BCUT2D eigenvalue weighted by Gasteiger charge is -2.32. The Morgan fingerprint density at radius 2 is 2.00 bits per heavy atom. The minimum Gasteiger partial charge on any atom is -0.376 e. The normalized spacial score (nSPS) is 18.8. The summed E-state index contributed by atoms with van der Waals surface area (Å²) in [6, 6.07) is 7.20. The molecule has 25 heavy (non-hydrogen) atoms. The molecule has 0 aliphatic carbocycles. The minimum absolute atomic E-state index is 0.178. The maximum Gasteiger partial charge on any atom is 0.223 e. The number of benzene rings is 1. The van der Waals surface area contributed by atoms with Gasteiger partial charge in [-0.1, -0.05) is 12.1 Å². The number of nitrogens with zero attached hydrogens (tertiary/aromatic N) is 3. The van der Waals surface area contributed by atoms with Crippen LogP contribution in [0.5, 0.6) is 0 Å². The van der Waals surface area contributed by atoms with E-state index in [-0.39, 0.29) is 5.82 Å². The molecule has 1 aromatic heterocycles. The predicted octanol–water partition coefficient (Wildman–Crippen LogP) is 2.76. The summed E-state index contributed by atoms with van der Waals surface area (Å²) in [6.07, 6.45) is 4.87. The van der Waals surface area contributed by atoms with E-state index >= 15 is 0 Å². The highest BCUT2D eigenvalue weighted by atomic mass is 19.1. The van der Waals surface area contributed by atoms with Gasteiger partial charge in [0.25, 0.3) is 0 Å². The number of ether oxygens (including phenoxy) is 1. The molecule has 2 aliphatic rings. The maximum absolute atomic E-state index is 13.0. The van der Waals surface area contributed by atoms with Crippen molar-refractivity contribution in [1.82, 2.24) is 14.9 Å². The van der Waals surface area contributed by atoms with Crippen LogP contribution in [0.4, 0.5) is 10.3 Å². The van der Waals surface area contributed by atoms with E-state index in [0.29, 0.717) is 12.6 Å². The van der Waals surface area contributed by atoms with E-state index in [4.69, 9.17) is 4.74 Å².